The van der Waals surface area contributed by atoms with Crippen molar-refractivity contribution in [2.45, 2.75) is 38.0 Å². The predicted octanol–water partition coefficient (Wildman–Crippen LogP) is 4.93. The molecule has 1 heteroatoms. The summed E-state index contributed by atoms with van der Waals surface area (Å²) < 4.78 is 0. The Morgan fingerprint density at radius 3 is 1.42 bits per heavy atom. The van der Waals surface area contributed by atoms with Gasteiger partial charge < -0.3 is 0 Å². The molecule has 0 saturated heterocycles. The van der Waals surface area contributed by atoms with Crippen molar-refractivity contribution < 1.29 is 0 Å². The van der Waals surface area contributed by atoms with Crippen LogP contribution in [-0.4, -0.2) is 11.3 Å². The first-order valence-electron chi connectivity index (χ1n) is 7.08. The highest BCUT2D eigenvalue weighted by Gasteiger charge is 2.09. The molecule has 2 aromatic carbocycles. The topological polar surface area (TPSA) is 0 Å². The second-order valence-electron chi connectivity index (χ2n) is 5.35. The predicted molar refractivity (Wildman–Crippen MR) is 87.5 cm³/mol. The summed E-state index contributed by atoms with van der Waals surface area (Å²) in [6.07, 6.45) is 2.41. The van der Waals surface area contributed by atoms with Crippen molar-refractivity contribution in [1.29, 1.82) is 0 Å². The van der Waals surface area contributed by atoms with Crippen LogP contribution in [0.25, 0.3) is 0 Å². The smallest absolute Gasteiger partial charge is 0.0216 e. The van der Waals surface area contributed by atoms with Gasteiger partial charge >= 0.3 is 0 Å². The van der Waals surface area contributed by atoms with Gasteiger partial charge in [0.2, 0.25) is 0 Å². The van der Waals surface area contributed by atoms with Crippen LogP contribution in [0.5, 0.6) is 0 Å². The van der Waals surface area contributed by atoms with Crippen LogP contribution in [0, 0.1) is 0 Å². The second-order valence-corrected chi connectivity index (χ2v) is 7.65. The van der Waals surface area contributed by atoms with Gasteiger partial charge in [-0.1, -0.05) is 74.5 Å². The van der Waals surface area contributed by atoms with Crippen LogP contribution in [-0.2, 0) is 12.8 Å². The lowest BCUT2D eigenvalue weighted by molar-refractivity contribution is 0.882. The number of benzene rings is 2. The Bertz CT molecular complexity index is 418. The van der Waals surface area contributed by atoms with Gasteiger partial charge in [-0.3, -0.25) is 0 Å². The van der Waals surface area contributed by atoms with Gasteiger partial charge in [-0.25, -0.2) is 0 Å². The van der Waals surface area contributed by atoms with Crippen LogP contribution in [0.2, 0.25) is 0 Å². The van der Waals surface area contributed by atoms with Crippen molar-refractivity contribution in [2.24, 2.45) is 0 Å². The van der Waals surface area contributed by atoms with Gasteiger partial charge in [-0.05, 0) is 35.3 Å². The second kappa shape index (κ2) is 7.46. The first-order valence-corrected chi connectivity index (χ1v) is 8.23. The molecule has 2 rings (SSSR count). The molecule has 0 radical (unpaired) electrons. The Balaban J connectivity index is 1.80. The Kier molecular flexibility index (Phi) is 5.61. The Morgan fingerprint density at radius 2 is 1.05 bits per heavy atom. The number of rotatable bonds is 6. The van der Waals surface area contributed by atoms with Crippen LogP contribution in [0.15, 0.2) is 60.7 Å². The largest absolute Gasteiger partial charge is 0.116 e. The fourth-order valence-electron chi connectivity index (χ4n) is 2.54. The molecule has 0 bridgehead atoms. The molecule has 100 valence electrons. The molecule has 0 fully saturated rings. The summed E-state index contributed by atoms with van der Waals surface area (Å²) in [6, 6.07) is 21.7. The Labute approximate surface area is 119 Å². The summed E-state index contributed by atoms with van der Waals surface area (Å²) in [5, 5.41) is 0. The molecule has 0 heterocycles. The van der Waals surface area contributed by atoms with E-state index in [4.69, 9.17) is 0 Å². The van der Waals surface area contributed by atoms with Gasteiger partial charge in [0.15, 0.2) is 0 Å². The number of hydrogen-bond acceptors (Lipinski definition) is 0. The lowest BCUT2D eigenvalue weighted by Gasteiger charge is -2.18. The lowest BCUT2D eigenvalue weighted by atomic mass is 10.1. The Hall–Kier alpha value is -1.13. The normalized spacial score (nSPS) is 14.6. The van der Waals surface area contributed by atoms with Crippen molar-refractivity contribution in [1.82, 2.24) is 0 Å². The molecule has 0 amide bonds. The molecule has 0 aliphatic rings. The van der Waals surface area contributed by atoms with Crippen molar-refractivity contribution in [3.63, 3.8) is 0 Å². The number of hydrogen-bond donors (Lipinski definition) is 0. The average molecular weight is 270 g/mol. The maximum Gasteiger partial charge on any atom is -0.0216 e. The molecule has 2 aromatic rings. The molecule has 19 heavy (non-hydrogen) atoms. The molecular weight excluding hydrogens is 247 g/mol. The average Bonchev–Trinajstić information content (AvgIpc) is 2.40. The maximum atomic E-state index is 2.38. The molecule has 0 spiro atoms. The lowest BCUT2D eigenvalue weighted by Crippen LogP contribution is -2.08. The zero-order chi connectivity index (χ0) is 13.5. The molecular formula is C18H23P. The third-order valence-electron chi connectivity index (χ3n) is 3.34. The van der Waals surface area contributed by atoms with Crippen molar-refractivity contribution in [2.75, 3.05) is 0 Å². The quantitative estimate of drug-likeness (QED) is 0.653. The molecule has 0 aliphatic heterocycles. The fourth-order valence-corrected chi connectivity index (χ4v) is 4.22. The third kappa shape index (κ3) is 5.17. The van der Waals surface area contributed by atoms with E-state index in [1.807, 2.05) is 0 Å². The first-order chi connectivity index (χ1) is 9.24. The van der Waals surface area contributed by atoms with Crippen LogP contribution in [0.3, 0.4) is 0 Å². The minimum Gasteiger partial charge on any atom is -0.116 e. The van der Waals surface area contributed by atoms with E-state index in [1.165, 1.54) is 24.0 Å². The van der Waals surface area contributed by atoms with Crippen molar-refractivity contribution in [3.8, 4) is 0 Å². The van der Waals surface area contributed by atoms with Gasteiger partial charge in [0.1, 0.15) is 0 Å². The zero-order valence-corrected chi connectivity index (χ0v) is 12.8. The van der Waals surface area contributed by atoms with Crippen LogP contribution in [0.4, 0.5) is 0 Å². The van der Waals surface area contributed by atoms with E-state index in [0.717, 1.165) is 19.9 Å². The van der Waals surface area contributed by atoms with Crippen LogP contribution in [0.1, 0.15) is 25.0 Å². The highest BCUT2D eigenvalue weighted by molar-refractivity contribution is 7.39. The summed E-state index contributed by atoms with van der Waals surface area (Å²) in [5.74, 6) is 0. The molecule has 0 N–H and O–H groups in total. The molecule has 0 nitrogen and oxygen atoms in total. The van der Waals surface area contributed by atoms with Crippen LogP contribution >= 0.6 is 8.58 Å². The van der Waals surface area contributed by atoms with Gasteiger partial charge in [0, 0.05) is 0 Å². The van der Waals surface area contributed by atoms with Crippen molar-refractivity contribution >= 4 is 8.58 Å². The van der Waals surface area contributed by atoms with E-state index < -0.39 is 0 Å². The molecule has 0 aliphatic carbocycles. The zero-order valence-electron chi connectivity index (χ0n) is 11.8. The van der Waals surface area contributed by atoms with Gasteiger partial charge in [-0.2, -0.15) is 0 Å². The summed E-state index contributed by atoms with van der Waals surface area (Å²) in [7, 11) is 1.03. The van der Waals surface area contributed by atoms with Crippen LogP contribution < -0.4 is 0 Å². The van der Waals surface area contributed by atoms with Gasteiger partial charge in [-0.15, -0.1) is 8.58 Å². The first kappa shape index (κ1) is 14.3. The summed E-state index contributed by atoms with van der Waals surface area (Å²) in [6.45, 7) is 4.76. The van der Waals surface area contributed by atoms with E-state index in [0.29, 0.717) is 0 Å². The maximum absolute atomic E-state index is 2.38. The fraction of sp³-hybridized carbons (Fsp3) is 0.333. The monoisotopic (exact) mass is 270 g/mol. The SMILES string of the molecule is CC(Cc1ccccc1)PC(C)Cc1ccccc1. The van der Waals surface area contributed by atoms with Gasteiger partial charge in [0.05, 0.1) is 0 Å². The summed E-state index contributed by atoms with van der Waals surface area (Å²) >= 11 is 0. The minimum absolute atomic E-state index is 0.779. The van der Waals surface area contributed by atoms with E-state index in [-0.39, 0.29) is 0 Å². The minimum atomic E-state index is 0.779. The summed E-state index contributed by atoms with van der Waals surface area (Å²) in [5.41, 5.74) is 4.49. The van der Waals surface area contributed by atoms with E-state index in [1.54, 1.807) is 0 Å². The highest BCUT2D eigenvalue weighted by atomic mass is 31.1. The van der Waals surface area contributed by atoms with E-state index >= 15 is 0 Å². The van der Waals surface area contributed by atoms with Crippen molar-refractivity contribution in [3.05, 3.63) is 71.8 Å². The van der Waals surface area contributed by atoms with E-state index in [9.17, 15) is 0 Å². The molecule has 0 saturated carbocycles. The summed E-state index contributed by atoms with van der Waals surface area (Å²) in [4.78, 5) is 0. The molecule has 0 aromatic heterocycles. The van der Waals surface area contributed by atoms with Gasteiger partial charge in [0.25, 0.3) is 0 Å². The standard InChI is InChI=1S/C18H23P/c1-15(13-17-9-5-3-6-10-17)19-16(2)14-18-11-7-4-8-12-18/h3-12,15-16,19H,13-14H2,1-2H3. The Morgan fingerprint density at radius 1 is 0.684 bits per heavy atom. The highest BCUT2D eigenvalue weighted by Crippen LogP contribution is 2.30. The van der Waals surface area contributed by atoms with E-state index in [2.05, 4.69) is 74.5 Å². The molecule has 2 unspecified atom stereocenters. The third-order valence-corrected chi connectivity index (χ3v) is 4.88. The molecule has 2 atom stereocenters.